The lowest BCUT2D eigenvalue weighted by atomic mass is 10.2. The number of carboxylic acids is 1. The molecule has 3 N–H and O–H groups in total. The summed E-state index contributed by atoms with van der Waals surface area (Å²) in [5, 5.41) is 14.4. The first-order chi connectivity index (χ1) is 9.34. The maximum atomic E-state index is 11.8. The van der Waals surface area contributed by atoms with Gasteiger partial charge in [-0.05, 0) is 18.4 Å². The number of hydrogen-bond acceptors (Lipinski definition) is 6. The minimum Gasteiger partial charge on any atom is -0.480 e. The average Bonchev–Trinajstić information content (AvgIpc) is 2.32. The topological polar surface area (TPSA) is 113 Å². The maximum absolute atomic E-state index is 11.8. The van der Waals surface area contributed by atoms with Crippen LogP contribution in [-0.4, -0.2) is 67.5 Å². The van der Waals surface area contributed by atoms with Crippen LogP contribution >= 0.6 is 11.8 Å². The Hall–Kier alpha value is -0.800. The Balaban J connectivity index is 2.47. The number of carbonyl (C=O) groups excluding carboxylic acids is 1. The average molecular weight is 324 g/mol. The Morgan fingerprint density at radius 1 is 1.50 bits per heavy atom. The monoisotopic (exact) mass is 324 g/mol. The highest BCUT2D eigenvalue weighted by molar-refractivity contribution is 7.98. The van der Waals surface area contributed by atoms with Crippen LogP contribution < -0.4 is 10.6 Å². The Morgan fingerprint density at radius 3 is 2.75 bits per heavy atom. The Labute approximate surface area is 122 Å². The number of carbonyl (C=O) groups is 2. The van der Waals surface area contributed by atoms with Crippen molar-refractivity contribution < 1.29 is 23.1 Å². The number of sulfone groups is 1. The lowest BCUT2D eigenvalue weighted by Gasteiger charge is -2.24. The van der Waals surface area contributed by atoms with Gasteiger partial charge in [-0.3, -0.25) is 4.79 Å². The van der Waals surface area contributed by atoms with E-state index < -0.39 is 33.8 Å². The maximum Gasteiger partial charge on any atom is 0.326 e. The molecule has 0 aromatic carbocycles. The van der Waals surface area contributed by atoms with Crippen LogP contribution in [0, 0.1) is 0 Å². The molecule has 0 aliphatic carbocycles. The first kappa shape index (κ1) is 17.3. The zero-order chi connectivity index (χ0) is 15.2. The van der Waals surface area contributed by atoms with E-state index in [-0.39, 0.29) is 17.9 Å². The smallest absolute Gasteiger partial charge is 0.326 e. The minimum atomic E-state index is -3.10. The first-order valence-corrected chi connectivity index (χ1v) is 9.50. The number of carboxylic acid groups (broad SMARTS) is 1. The van der Waals surface area contributed by atoms with Gasteiger partial charge in [0.25, 0.3) is 0 Å². The van der Waals surface area contributed by atoms with Crippen LogP contribution in [0.3, 0.4) is 0 Å². The van der Waals surface area contributed by atoms with E-state index in [0.29, 0.717) is 18.7 Å². The highest BCUT2D eigenvalue weighted by Crippen LogP contribution is 2.06. The van der Waals surface area contributed by atoms with E-state index in [9.17, 15) is 18.0 Å². The molecule has 0 radical (unpaired) electrons. The van der Waals surface area contributed by atoms with Crippen molar-refractivity contribution in [3.05, 3.63) is 0 Å². The van der Waals surface area contributed by atoms with Crippen molar-refractivity contribution in [1.29, 1.82) is 0 Å². The largest absolute Gasteiger partial charge is 0.480 e. The summed E-state index contributed by atoms with van der Waals surface area (Å²) in [6.45, 7) is 0.328. The minimum absolute atomic E-state index is 0.0255. The van der Waals surface area contributed by atoms with E-state index in [1.165, 1.54) is 11.8 Å². The van der Waals surface area contributed by atoms with Gasteiger partial charge in [-0.15, -0.1) is 0 Å². The van der Waals surface area contributed by atoms with Crippen molar-refractivity contribution in [2.24, 2.45) is 0 Å². The van der Waals surface area contributed by atoms with Crippen LogP contribution in [0.2, 0.25) is 0 Å². The highest BCUT2D eigenvalue weighted by Gasteiger charge is 2.27. The van der Waals surface area contributed by atoms with Crippen LogP contribution in [0.1, 0.15) is 12.8 Å². The van der Waals surface area contributed by atoms with Crippen molar-refractivity contribution >= 4 is 33.5 Å². The molecule has 0 spiro atoms. The predicted octanol–water partition coefficient (Wildman–Crippen LogP) is -0.914. The molecule has 1 heterocycles. The molecule has 0 aromatic rings. The molecule has 2 atom stereocenters. The quantitative estimate of drug-likeness (QED) is 0.555. The Morgan fingerprint density at radius 2 is 2.20 bits per heavy atom. The molecule has 1 fully saturated rings. The summed E-state index contributed by atoms with van der Waals surface area (Å²) >= 11 is 1.50. The van der Waals surface area contributed by atoms with Gasteiger partial charge >= 0.3 is 5.97 Å². The fourth-order valence-corrected chi connectivity index (χ4v) is 3.88. The van der Waals surface area contributed by atoms with Crippen LogP contribution in [0.4, 0.5) is 0 Å². The van der Waals surface area contributed by atoms with E-state index in [4.69, 9.17) is 5.11 Å². The number of nitrogens with one attached hydrogen (secondary N) is 2. The van der Waals surface area contributed by atoms with Crippen molar-refractivity contribution in [2.45, 2.75) is 24.9 Å². The number of aliphatic carboxylic acids is 1. The Kier molecular flexibility index (Phi) is 6.77. The Bertz CT molecular complexity index is 452. The van der Waals surface area contributed by atoms with Crippen LogP contribution in [0.5, 0.6) is 0 Å². The standard InChI is InChI=1S/C11H20N2O5S2/c1-19-4-2-9(11(15)16)13-10(14)6-8-7-20(17,18)5-3-12-8/h8-9,12H,2-7H2,1H3,(H,13,14)(H,15,16)/t8?,9-/m1/s1. The summed E-state index contributed by atoms with van der Waals surface area (Å²) in [5.74, 6) is -0.878. The van der Waals surface area contributed by atoms with Crippen LogP contribution in [-0.2, 0) is 19.4 Å². The highest BCUT2D eigenvalue weighted by atomic mass is 32.2. The fourth-order valence-electron chi connectivity index (χ4n) is 1.97. The summed E-state index contributed by atoms with van der Waals surface area (Å²) in [4.78, 5) is 22.8. The second-order valence-corrected chi connectivity index (χ2v) is 7.92. The lowest BCUT2D eigenvalue weighted by molar-refractivity contribution is -0.141. The van der Waals surface area contributed by atoms with E-state index in [1.807, 2.05) is 6.26 Å². The number of thioether (sulfide) groups is 1. The molecule has 1 aliphatic rings. The summed E-state index contributed by atoms with van der Waals surface area (Å²) in [7, 11) is -3.10. The third kappa shape index (κ3) is 6.10. The van der Waals surface area contributed by atoms with Crippen molar-refractivity contribution in [3.63, 3.8) is 0 Å². The molecular weight excluding hydrogens is 304 g/mol. The van der Waals surface area contributed by atoms with Crippen molar-refractivity contribution in [1.82, 2.24) is 10.6 Å². The summed E-state index contributed by atoms with van der Waals surface area (Å²) in [5.41, 5.74) is 0. The molecule has 0 saturated carbocycles. The molecule has 20 heavy (non-hydrogen) atoms. The van der Waals surface area contributed by atoms with Gasteiger partial charge in [0.1, 0.15) is 6.04 Å². The molecule has 0 bridgehead atoms. The number of hydrogen-bond donors (Lipinski definition) is 3. The SMILES string of the molecule is CSCC[C@@H](NC(=O)CC1CS(=O)(=O)CCN1)C(=O)O. The van der Waals surface area contributed by atoms with Crippen LogP contribution in [0.15, 0.2) is 0 Å². The van der Waals surface area contributed by atoms with Gasteiger partial charge in [0.2, 0.25) is 5.91 Å². The van der Waals surface area contributed by atoms with Crippen LogP contribution in [0.25, 0.3) is 0 Å². The molecule has 9 heteroatoms. The van der Waals surface area contributed by atoms with Gasteiger partial charge in [-0.25, -0.2) is 13.2 Å². The van der Waals surface area contributed by atoms with E-state index in [0.717, 1.165) is 0 Å². The molecule has 1 saturated heterocycles. The summed E-state index contributed by atoms with van der Waals surface area (Å²) < 4.78 is 22.9. The van der Waals surface area contributed by atoms with Gasteiger partial charge in [0.05, 0.1) is 11.5 Å². The van der Waals surface area contributed by atoms with E-state index in [2.05, 4.69) is 10.6 Å². The number of amides is 1. The summed E-state index contributed by atoms with van der Waals surface area (Å²) in [6, 6.07) is -1.36. The van der Waals surface area contributed by atoms with Gasteiger partial charge in [0, 0.05) is 19.0 Å². The van der Waals surface area contributed by atoms with Gasteiger partial charge in [0.15, 0.2) is 9.84 Å². The zero-order valence-electron chi connectivity index (χ0n) is 11.3. The normalized spacial score (nSPS) is 22.9. The van der Waals surface area contributed by atoms with Crippen molar-refractivity contribution in [2.75, 3.05) is 30.1 Å². The molecule has 1 amide bonds. The molecule has 1 aliphatic heterocycles. The summed E-state index contributed by atoms with van der Waals surface area (Å²) in [6.07, 6.45) is 2.18. The molecular formula is C11H20N2O5S2. The third-order valence-corrected chi connectivity index (χ3v) is 5.36. The van der Waals surface area contributed by atoms with Gasteiger partial charge in [-0.2, -0.15) is 11.8 Å². The van der Waals surface area contributed by atoms with Crippen molar-refractivity contribution in [3.8, 4) is 0 Å². The second-order valence-electron chi connectivity index (χ2n) is 4.71. The third-order valence-electron chi connectivity index (χ3n) is 2.98. The zero-order valence-corrected chi connectivity index (χ0v) is 12.9. The number of rotatable bonds is 7. The molecule has 0 aromatic heterocycles. The van der Waals surface area contributed by atoms with E-state index in [1.54, 1.807) is 0 Å². The van der Waals surface area contributed by atoms with Gasteiger partial charge in [-0.1, -0.05) is 0 Å². The molecule has 1 unspecified atom stereocenters. The molecule has 7 nitrogen and oxygen atoms in total. The van der Waals surface area contributed by atoms with Gasteiger partial charge < -0.3 is 15.7 Å². The first-order valence-electron chi connectivity index (χ1n) is 6.29. The molecule has 1 rings (SSSR count). The molecule has 116 valence electrons. The second kappa shape index (κ2) is 7.84. The predicted molar refractivity (Wildman–Crippen MR) is 77.6 cm³/mol. The van der Waals surface area contributed by atoms with E-state index >= 15 is 0 Å². The lowest BCUT2D eigenvalue weighted by Crippen LogP contribution is -2.49. The fraction of sp³-hybridized carbons (Fsp3) is 0.818.